The third-order valence-corrected chi connectivity index (χ3v) is 3.99. The number of piperazine rings is 1. The topological polar surface area (TPSA) is 168 Å². The highest BCUT2D eigenvalue weighted by Gasteiger charge is 2.31. The van der Waals surface area contributed by atoms with Crippen LogP contribution >= 0.6 is 0 Å². The number of ether oxygens (including phenoxy) is 2. The van der Waals surface area contributed by atoms with Crippen LogP contribution in [0.15, 0.2) is 27.9 Å². The Hall–Kier alpha value is -3.70. The van der Waals surface area contributed by atoms with Crippen molar-refractivity contribution < 1.29 is 28.7 Å². The second-order valence-electron chi connectivity index (χ2n) is 6.01. The van der Waals surface area contributed by atoms with E-state index < -0.39 is 35.8 Å². The van der Waals surface area contributed by atoms with Gasteiger partial charge in [-0.1, -0.05) is 0 Å². The molecule has 1 saturated heterocycles. The zero-order valence-electron chi connectivity index (χ0n) is 15.6. The molecule has 0 radical (unpaired) electrons. The Labute approximate surface area is 163 Å². The van der Waals surface area contributed by atoms with Gasteiger partial charge in [-0.15, -0.1) is 0 Å². The zero-order chi connectivity index (χ0) is 21.4. The molecule has 1 fully saturated rings. The lowest BCUT2D eigenvalue weighted by atomic mass is 10.1. The van der Waals surface area contributed by atoms with Crippen molar-refractivity contribution in [2.24, 2.45) is 0 Å². The average Bonchev–Trinajstić information content (AvgIpc) is 2.66. The second-order valence-corrected chi connectivity index (χ2v) is 6.01. The van der Waals surface area contributed by atoms with E-state index in [2.05, 4.69) is 10.3 Å². The Morgan fingerprint density at radius 2 is 1.86 bits per heavy atom. The van der Waals surface area contributed by atoms with Gasteiger partial charge in [-0.25, -0.2) is 14.4 Å². The summed E-state index contributed by atoms with van der Waals surface area (Å²) in [6, 6.07) is -0.724. The monoisotopic (exact) mass is 408 g/mol. The largest absolute Gasteiger partial charge is 0.462 e. The van der Waals surface area contributed by atoms with Gasteiger partial charge < -0.3 is 24.7 Å². The van der Waals surface area contributed by atoms with Crippen molar-refractivity contribution in [2.45, 2.75) is 26.0 Å². The summed E-state index contributed by atoms with van der Waals surface area (Å²) >= 11 is 0. The molecule has 29 heavy (non-hydrogen) atoms. The summed E-state index contributed by atoms with van der Waals surface area (Å²) in [4.78, 5) is 74.6. The van der Waals surface area contributed by atoms with Gasteiger partial charge in [-0.3, -0.25) is 19.4 Å². The van der Waals surface area contributed by atoms with Crippen molar-refractivity contribution in [2.75, 3.05) is 19.7 Å². The van der Waals surface area contributed by atoms with Crippen LogP contribution in [0.25, 0.3) is 0 Å². The van der Waals surface area contributed by atoms with Crippen LogP contribution in [0.1, 0.15) is 18.9 Å². The summed E-state index contributed by atoms with van der Waals surface area (Å²) in [6.07, 6.45) is 2.88. The Morgan fingerprint density at radius 3 is 2.52 bits per heavy atom. The maximum atomic E-state index is 11.9. The molecule has 156 valence electrons. The van der Waals surface area contributed by atoms with E-state index in [1.54, 1.807) is 0 Å². The molecule has 12 nitrogen and oxygen atoms in total. The first kappa shape index (κ1) is 21.6. The first-order chi connectivity index (χ1) is 13.8. The molecule has 1 aliphatic rings. The van der Waals surface area contributed by atoms with Gasteiger partial charge >= 0.3 is 17.6 Å². The SMILES string of the molecule is CC(=O)N1CCNC(=O)C1CCOC(=O)/C=C/C(=O)OCc1c[nH]c(=O)[nH]c1=O. The normalized spacial score (nSPS) is 16.4. The number of H-pyrrole nitrogens is 2. The number of carbonyl (C=O) groups is 4. The molecule has 0 saturated carbocycles. The van der Waals surface area contributed by atoms with Crippen molar-refractivity contribution >= 4 is 23.8 Å². The minimum Gasteiger partial charge on any atom is -0.462 e. The molecule has 2 heterocycles. The highest BCUT2D eigenvalue weighted by molar-refractivity contribution is 5.91. The van der Waals surface area contributed by atoms with E-state index in [-0.39, 0.29) is 30.4 Å². The predicted molar refractivity (Wildman–Crippen MR) is 96.4 cm³/mol. The van der Waals surface area contributed by atoms with Gasteiger partial charge in [0.25, 0.3) is 5.56 Å². The standard InChI is InChI=1S/C17H20N4O8/c1-10(22)21-6-5-18-16(26)12(21)4-7-28-13(23)2-3-14(24)29-9-11-8-19-17(27)20-15(11)25/h2-3,8,12H,4-7,9H2,1H3,(H,18,26)(H2,19,20,25,27)/b3-2+. The Bertz CT molecular complexity index is 932. The maximum absolute atomic E-state index is 11.9. The minimum atomic E-state index is -0.901. The summed E-state index contributed by atoms with van der Waals surface area (Å²) in [5, 5.41) is 2.64. The molecule has 1 atom stereocenters. The molecule has 1 unspecified atom stereocenters. The van der Waals surface area contributed by atoms with Gasteiger partial charge in [0.1, 0.15) is 12.6 Å². The van der Waals surface area contributed by atoms with E-state index in [1.807, 2.05) is 4.98 Å². The summed E-state index contributed by atoms with van der Waals surface area (Å²) < 4.78 is 9.70. The maximum Gasteiger partial charge on any atom is 0.331 e. The fourth-order valence-corrected chi connectivity index (χ4v) is 2.58. The predicted octanol–water partition coefficient (Wildman–Crippen LogP) is -2.06. The quantitative estimate of drug-likeness (QED) is 0.342. The van der Waals surface area contributed by atoms with Gasteiger partial charge in [-0.05, 0) is 0 Å². The van der Waals surface area contributed by atoms with Crippen LogP contribution in [-0.4, -0.2) is 64.4 Å². The van der Waals surface area contributed by atoms with E-state index in [0.717, 1.165) is 18.3 Å². The number of hydrogen-bond donors (Lipinski definition) is 3. The van der Waals surface area contributed by atoms with E-state index in [1.165, 1.54) is 11.8 Å². The molecule has 2 amide bonds. The molecule has 3 N–H and O–H groups in total. The van der Waals surface area contributed by atoms with Gasteiger partial charge in [0, 0.05) is 44.8 Å². The molecule has 1 aliphatic heterocycles. The van der Waals surface area contributed by atoms with Crippen molar-refractivity contribution in [3.63, 3.8) is 0 Å². The lowest BCUT2D eigenvalue weighted by Crippen LogP contribution is -2.57. The van der Waals surface area contributed by atoms with Gasteiger partial charge in [0.15, 0.2) is 0 Å². The zero-order valence-corrected chi connectivity index (χ0v) is 15.6. The summed E-state index contributed by atoms with van der Waals surface area (Å²) in [7, 11) is 0. The third kappa shape index (κ3) is 6.45. The first-order valence-electron chi connectivity index (χ1n) is 8.65. The molecule has 0 aromatic carbocycles. The van der Waals surface area contributed by atoms with Crippen LogP contribution in [0, 0.1) is 0 Å². The highest BCUT2D eigenvalue weighted by atomic mass is 16.5. The summed E-state index contributed by atoms with van der Waals surface area (Å²) in [5.74, 6) is -2.31. The summed E-state index contributed by atoms with van der Waals surface area (Å²) in [5.41, 5.74) is -1.36. The molecule has 1 aromatic heterocycles. The lowest BCUT2D eigenvalue weighted by molar-refractivity contribution is -0.145. The smallest absolute Gasteiger partial charge is 0.331 e. The molecule has 0 spiro atoms. The minimum absolute atomic E-state index is 0.0229. The fourth-order valence-electron chi connectivity index (χ4n) is 2.58. The van der Waals surface area contributed by atoms with Gasteiger partial charge in [0.05, 0.1) is 12.2 Å². The molecule has 0 bridgehead atoms. The van der Waals surface area contributed by atoms with Crippen molar-refractivity contribution in [3.8, 4) is 0 Å². The number of esters is 2. The van der Waals surface area contributed by atoms with Crippen LogP contribution in [0.4, 0.5) is 0 Å². The Morgan fingerprint density at radius 1 is 1.17 bits per heavy atom. The van der Waals surface area contributed by atoms with E-state index in [9.17, 15) is 28.8 Å². The molecule has 0 aliphatic carbocycles. The molecule has 2 rings (SSSR count). The molecule has 1 aromatic rings. The molecular weight excluding hydrogens is 388 g/mol. The van der Waals surface area contributed by atoms with E-state index >= 15 is 0 Å². The van der Waals surface area contributed by atoms with Gasteiger partial charge in [0.2, 0.25) is 11.8 Å². The second kappa shape index (κ2) is 10.0. The lowest BCUT2D eigenvalue weighted by Gasteiger charge is -2.34. The van der Waals surface area contributed by atoms with Crippen LogP contribution in [-0.2, 0) is 35.3 Å². The molecule has 12 heteroatoms. The first-order valence-corrected chi connectivity index (χ1v) is 8.65. The number of carbonyl (C=O) groups excluding carboxylic acids is 4. The van der Waals surface area contributed by atoms with E-state index in [4.69, 9.17) is 9.47 Å². The van der Waals surface area contributed by atoms with Crippen LogP contribution in [0.5, 0.6) is 0 Å². The van der Waals surface area contributed by atoms with Crippen LogP contribution in [0.3, 0.4) is 0 Å². The number of aromatic amines is 2. The van der Waals surface area contributed by atoms with Gasteiger partial charge in [-0.2, -0.15) is 0 Å². The number of aromatic nitrogens is 2. The van der Waals surface area contributed by atoms with Crippen molar-refractivity contribution in [3.05, 3.63) is 44.8 Å². The van der Waals surface area contributed by atoms with Crippen molar-refractivity contribution in [1.82, 2.24) is 20.2 Å². The third-order valence-electron chi connectivity index (χ3n) is 3.99. The fraction of sp³-hybridized carbons (Fsp3) is 0.412. The number of nitrogens with one attached hydrogen (secondary N) is 3. The number of nitrogens with zero attached hydrogens (tertiary/aromatic N) is 1. The summed E-state index contributed by atoms with van der Waals surface area (Å²) in [6.45, 7) is 1.57. The van der Waals surface area contributed by atoms with Crippen LogP contribution < -0.4 is 16.6 Å². The number of amides is 2. The van der Waals surface area contributed by atoms with Crippen molar-refractivity contribution in [1.29, 1.82) is 0 Å². The molecular formula is C17H20N4O8. The van der Waals surface area contributed by atoms with E-state index in [0.29, 0.717) is 13.1 Å². The number of hydrogen-bond acceptors (Lipinski definition) is 8. The Balaban J connectivity index is 1.76. The number of rotatable bonds is 7. The van der Waals surface area contributed by atoms with Crippen LogP contribution in [0.2, 0.25) is 0 Å². The Kier molecular flexibility index (Phi) is 7.46. The highest BCUT2D eigenvalue weighted by Crippen LogP contribution is 2.09. The average molecular weight is 408 g/mol.